The predicted molar refractivity (Wildman–Crippen MR) is 50.9 cm³/mol. The van der Waals surface area contributed by atoms with Gasteiger partial charge in [-0.15, -0.1) is 0 Å². The van der Waals surface area contributed by atoms with E-state index in [0.29, 0.717) is 0 Å². The van der Waals surface area contributed by atoms with E-state index in [9.17, 15) is 0 Å². The topological polar surface area (TPSA) is 24.1 Å². The van der Waals surface area contributed by atoms with Crippen LogP contribution in [0.1, 0.15) is 34.1 Å². The van der Waals surface area contributed by atoms with Crippen molar-refractivity contribution in [3.05, 3.63) is 0 Å². The summed E-state index contributed by atoms with van der Waals surface area (Å²) < 4.78 is 0. The molecular formula is C9H22N2. The van der Waals surface area contributed by atoms with Crippen LogP contribution >= 0.6 is 0 Å². The Labute approximate surface area is 70.8 Å². The quantitative estimate of drug-likeness (QED) is 0.556. The molecule has 0 radical (unpaired) electrons. The highest BCUT2D eigenvalue weighted by Crippen LogP contribution is 2.11. The van der Waals surface area contributed by atoms with Crippen molar-refractivity contribution in [2.75, 3.05) is 13.1 Å². The summed E-state index contributed by atoms with van der Waals surface area (Å²) in [6.45, 7) is 10.4. The molecule has 0 spiro atoms. The van der Waals surface area contributed by atoms with Gasteiger partial charge in [0.25, 0.3) is 0 Å². The Kier molecular flexibility index (Phi) is 6.57. The van der Waals surface area contributed by atoms with Crippen molar-refractivity contribution in [3.8, 4) is 0 Å². The van der Waals surface area contributed by atoms with Gasteiger partial charge in [0, 0.05) is 25.2 Å². The molecule has 2 heteroatoms. The van der Waals surface area contributed by atoms with Crippen molar-refractivity contribution in [2.24, 2.45) is 0 Å². The summed E-state index contributed by atoms with van der Waals surface area (Å²) >= 11 is 0. The maximum Gasteiger partial charge on any atom is 0.0208 e. The second kappa shape index (κ2) is 6.62. The zero-order valence-electron chi connectivity index (χ0n) is 8.28. The molecule has 0 aliphatic carbocycles. The molecule has 0 aromatic rings. The van der Waals surface area contributed by atoms with E-state index in [1.807, 2.05) is 27.7 Å². The third-order valence-electron chi connectivity index (χ3n) is 1.87. The SMILES string of the molecule is C1NC2CNC1C2.CC.CC. The van der Waals surface area contributed by atoms with Crippen molar-refractivity contribution < 1.29 is 0 Å². The molecule has 2 aliphatic heterocycles. The Bertz CT molecular complexity index is 65.6. The van der Waals surface area contributed by atoms with E-state index < -0.39 is 0 Å². The van der Waals surface area contributed by atoms with E-state index in [1.54, 1.807) is 0 Å². The standard InChI is InChI=1S/C5H10N2.2C2H6/c1-4-2-6-5(1)3-7-4;2*1-2/h4-7H,1-3H2;2*1-2H3. The van der Waals surface area contributed by atoms with Gasteiger partial charge in [-0.3, -0.25) is 0 Å². The summed E-state index contributed by atoms with van der Waals surface area (Å²) in [5.41, 5.74) is 0. The molecule has 11 heavy (non-hydrogen) atoms. The van der Waals surface area contributed by atoms with Gasteiger partial charge in [-0.2, -0.15) is 0 Å². The van der Waals surface area contributed by atoms with Crippen molar-refractivity contribution >= 4 is 0 Å². The Morgan fingerprint density at radius 2 is 1.18 bits per heavy atom. The van der Waals surface area contributed by atoms with Crippen molar-refractivity contribution in [3.63, 3.8) is 0 Å². The molecule has 2 heterocycles. The van der Waals surface area contributed by atoms with E-state index in [1.165, 1.54) is 19.5 Å². The Morgan fingerprint density at radius 1 is 0.818 bits per heavy atom. The summed E-state index contributed by atoms with van der Waals surface area (Å²) in [7, 11) is 0. The van der Waals surface area contributed by atoms with Crippen LogP contribution < -0.4 is 10.6 Å². The van der Waals surface area contributed by atoms with Crippen LogP contribution in [-0.4, -0.2) is 25.2 Å². The van der Waals surface area contributed by atoms with Gasteiger partial charge in [0.05, 0.1) is 0 Å². The van der Waals surface area contributed by atoms with Gasteiger partial charge in [0.2, 0.25) is 0 Å². The van der Waals surface area contributed by atoms with Crippen LogP contribution in [0.15, 0.2) is 0 Å². The minimum absolute atomic E-state index is 0.810. The molecule has 2 N–H and O–H groups in total. The van der Waals surface area contributed by atoms with Crippen LogP contribution in [0.5, 0.6) is 0 Å². The number of hydrogen-bond donors (Lipinski definition) is 2. The van der Waals surface area contributed by atoms with E-state index in [-0.39, 0.29) is 0 Å². The Balaban J connectivity index is 0.000000222. The molecule has 2 fully saturated rings. The minimum Gasteiger partial charge on any atom is -0.311 e. The molecule has 0 aromatic heterocycles. The minimum atomic E-state index is 0.810. The molecule has 2 saturated heterocycles. The summed E-state index contributed by atoms with van der Waals surface area (Å²) in [6, 6.07) is 1.62. The summed E-state index contributed by atoms with van der Waals surface area (Å²) in [5, 5.41) is 6.79. The van der Waals surface area contributed by atoms with Gasteiger partial charge < -0.3 is 10.6 Å². The maximum absolute atomic E-state index is 3.39. The first-order valence-corrected chi connectivity index (χ1v) is 4.92. The van der Waals surface area contributed by atoms with Crippen molar-refractivity contribution in [1.82, 2.24) is 10.6 Å². The summed E-state index contributed by atoms with van der Waals surface area (Å²) in [4.78, 5) is 0. The molecule has 0 aromatic carbocycles. The van der Waals surface area contributed by atoms with Gasteiger partial charge in [0.15, 0.2) is 0 Å². The highest BCUT2D eigenvalue weighted by molar-refractivity contribution is 4.94. The fraction of sp³-hybridized carbons (Fsp3) is 1.00. The van der Waals surface area contributed by atoms with Gasteiger partial charge >= 0.3 is 0 Å². The molecule has 2 atom stereocenters. The molecule has 68 valence electrons. The number of piperazine rings is 1. The fourth-order valence-corrected chi connectivity index (χ4v) is 1.44. The molecule has 0 saturated carbocycles. The van der Waals surface area contributed by atoms with Crippen LogP contribution in [0, 0.1) is 0 Å². The second-order valence-corrected chi connectivity index (χ2v) is 2.45. The highest BCUT2D eigenvalue weighted by Gasteiger charge is 2.29. The molecule has 2 aliphatic rings. The van der Waals surface area contributed by atoms with E-state index in [2.05, 4.69) is 10.6 Å². The normalized spacial score (nSPS) is 31.6. The van der Waals surface area contributed by atoms with Crippen LogP contribution in [0.4, 0.5) is 0 Å². The number of fused-ring (bicyclic) bond motifs is 2. The lowest BCUT2D eigenvalue weighted by Gasteiger charge is -2.10. The lowest BCUT2D eigenvalue weighted by molar-refractivity contribution is 0.528. The van der Waals surface area contributed by atoms with Crippen LogP contribution in [0.3, 0.4) is 0 Å². The van der Waals surface area contributed by atoms with Gasteiger partial charge in [0.1, 0.15) is 0 Å². The van der Waals surface area contributed by atoms with Crippen LogP contribution in [0.2, 0.25) is 0 Å². The average Bonchev–Trinajstić information content (AvgIpc) is 2.74. The Hall–Kier alpha value is -0.0800. The number of nitrogens with one attached hydrogen (secondary N) is 2. The van der Waals surface area contributed by atoms with Crippen molar-refractivity contribution in [2.45, 2.75) is 46.2 Å². The molecule has 2 nitrogen and oxygen atoms in total. The second-order valence-electron chi connectivity index (χ2n) is 2.45. The lowest BCUT2D eigenvalue weighted by Crippen LogP contribution is -2.39. The molecule has 2 rings (SSSR count). The smallest absolute Gasteiger partial charge is 0.0208 e. The first-order valence-electron chi connectivity index (χ1n) is 4.92. The zero-order valence-corrected chi connectivity index (χ0v) is 8.28. The maximum atomic E-state index is 3.39. The third kappa shape index (κ3) is 3.21. The molecule has 0 amide bonds. The van der Waals surface area contributed by atoms with Gasteiger partial charge in [-0.25, -0.2) is 0 Å². The molecule has 2 unspecified atom stereocenters. The number of rotatable bonds is 0. The first-order chi connectivity index (χ1) is 5.45. The van der Waals surface area contributed by atoms with Gasteiger partial charge in [-0.05, 0) is 6.42 Å². The average molecular weight is 158 g/mol. The zero-order chi connectivity index (χ0) is 8.69. The van der Waals surface area contributed by atoms with E-state index >= 15 is 0 Å². The fourth-order valence-electron chi connectivity index (χ4n) is 1.44. The van der Waals surface area contributed by atoms with Crippen LogP contribution in [-0.2, 0) is 0 Å². The van der Waals surface area contributed by atoms with E-state index in [4.69, 9.17) is 0 Å². The molecule has 2 bridgehead atoms. The Morgan fingerprint density at radius 3 is 1.27 bits per heavy atom. The van der Waals surface area contributed by atoms with Crippen LogP contribution in [0.25, 0.3) is 0 Å². The number of hydrogen-bond acceptors (Lipinski definition) is 2. The third-order valence-corrected chi connectivity index (χ3v) is 1.87. The van der Waals surface area contributed by atoms with Gasteiger partial charge in [-0.1, -0.05) is 27.7 Å². The predicted octanol–water partition coefficient (Wildman–Crippen LogP) is 1.37. The van der Waals surface area contributed by atoms with Crippen molar-refractivity contribution in [1.29, 1.82) is 0 Å². The first kappa shape index (κ1) is 10.9. The van der Waals surface area contributed by atoms with E-state index in [0.717, 1.165) is 12.1 Å². The highest BCUT2D eigenvalue weighted by atomic mass is 15.1. The summed E-state index contributed by atoms with van der Waals surface area (Å²) in [6.07, 6.45) is 1.36. The molecular weight excluding hydrogens is 136 g/mol. The largest absolute Gasteiger partial charge is 0.311 e. The monoisotopic (exact) mass is 158 g/mol. The summed E-state index contributed by atoms with van der Waals surface area (Å²) in [5.74, 6) is 0. The lowest BCUT2D eigenvalue weighted by atomic mass is 10.3.